The van der Waals surface area contributed by atoms with Crippen LogP contribution < -0.4 is 25.8 Å². The number of halogens is 2. The lowest BCUT2D eigenvalue weighted by atomic mass is 9.83. The standard InChI is InChI=1S/C34H40F2N6O3/c1-20-33(42(16-15-38-20)21(2)22-9-12-24(13-10-22)39-19-31(35)36)32(37)23-11-14-26(30(17-23)45-5)40-34(43)28-18-25-27(41(28)3)7-6-8-29(25)44-4/h6-8,11,14-18,22,24,31,39H,2,9-10,12-13,19,37H2,1,3-5H3,(H,40,43)/b33-32-/t22-,24-. The number of carbonyl (C=O) groups excluding carboxylic acids is 1. The van der Waals surface area contributed by atoms with Crippen LogP contribution in [0.5, 0.6) is 11.5 Å². The Morgan fingerprint density at radius 2 is 1.84 bits per heavy atom. The van der Waals surface area contributed by atoms with Gasteiger partial charge in [0.25, 0.3) is 12.3 Å². The number of nitrogens with zero attached hydrogens (tertiary/aromatic N) is 3. The Morgan fingerprint density at radius 3 is 2.53 bits per heavy atom. The molecule has 1 aromatic heterocycles. The average Bonchev–Trinajstić information content (AvgIpc) is 3.39. The number of aromatic nitrogens is 1. The summed E-state index contributed by atoms with van der Waals surface area (Å²) in [5.41, 5.74) is 12.1. The number of fused-ring (bicyclic) bond motifs is 1. The van der Waals surface area contributed by atoms with E-state index in [-0.39, 0.29) is 24.4 Å². The third-order valence-electron chi connectivity index (χ3n) is 8.65. The summed E-state index contributed by atoms with van der Waals surface area (Å²) in [6.45, 7) is 6.02. The highest BCUT2D eigenvalue weighted by Crippen LogP contribution is 2.37. The van der Waals surface area contributed by atoms with Crippen molar-refractivity contribution in [3.8, 4) is 11.5 Å². The van der Waals surface area contributed by atoms with E-state index in [2.05, 4.69) is 22.2 Å². The van der Waals surface area contributed by atoms with Gasteiger partial charge in [-0.25, -0.2) is 8.78 Å². The van der Waals surface area contributed by atoms with Crippen molar-refractivity contribution in [2.75, 3.05) is 26.1 Å². The van der Waals surface area contributed by atoms with Crippen LogP contribution >= 0.6 is 0 Å². The number of hydrogen-bond acceptors (Lipinski definition) is 7. The van der Waals surface area contributed by atoms with Gasteiger partial charge in [-0.15, -0.1) is 0 Å². The molecule has 0 unspecified atom stereocenters. The Morgan fingerprint density at radius 1 is 1.11 bits per heavy atom. The summed E-state index contributed by atoms with van der Waals surface area (Å²) in [4.78, 5) is 19.9. The van der Waals surface area contributed by atoms with E-state index in [0.717, 1.165) is 48.0 Å². The van der Waals surface area contributed by atoms with Gasteiger partial charge in [-0.05, 0) is 68.9 Å². The molecule has 1 aliphatic carbocycles. The number of benzene rings is 2. The van der Waals surface area contributed by atoms with Crippen LogP contribution in [0.3, 0.4) is 0 Å². The lowest BCUT2D eigenvalue weighted by Crippen LogP contribution is -2.38. The zero-order valence-corrected chi connectivity index (χ0v) is 26.1. The van der Waals surface area contributed by atoms with E-state index >= 15 is 0 Å². The molecule has 45 heavy (non-hydrogen) atoms. The number of aryl methyl sites for hydroxylation is 1. The number of hydrogen-bond donors (Lipinski definition) is 3. The summed E-state index contributed by atoms with van der Waals surface area (Å²) in [6.07, 6.45) is 4.47. The van der Waals surface area contributed by atoms with Crippen molar-refractivity contribution in [1.82, 2.24) is 14.8 Å². The first-order valence-corrected chi connectivity index (χ1v) is 15.0. The Balaban J connectivity index is 1.37. The molecule has 2 aromatic carbocycles. The fourth-order valence-electron chi connectivity index (χ4n) is 6.18. The molecule has 0 atom stereocenters. The van der Waals surface area contributed by atoms with Crippen LogP contribution in [0.15, 0.2) is 77.8 Å². The lowest BCUT2D eigenvalue weighted by molar-refractivity contribution is 0.101. The van der Waals surface area contributed by atoms with E-state index in [1.165, 1.54) is 7.11 Å². The van der Waals surface area contributed by atoms with E-state index in [1.807, 2.05) is 53.9 Å². The molecule has 0 saturated heterocycles. The Hall–Kier alpha value is -4.64. The van der Waals surface area contributed by atoms with Crippen molar-refractivity contribution >= 4 is 33.9 Å². The van der Waals surface area contributed by atoms with E-state index < -0.39 is 6.43 Å². The molecule has 2 aliphatic rings. The van der Waals surface area contributed by atoms with Crippen LogP contribution in [-0.2, 0) is 7.05 Å². The second kappa shape index (κ2) is 13.6. The largest absolute Gasteiger partial charge is 0.496 e. The van der Waals surface area contributed by atoms with Gasteiger partial charge < -0.3 is 35.3 Å². The Bertz CT molecular complexity index is 1680. The van der Waals surface area contributed by atoms with Crippen molar-refractivity contribution in [3.05, 3.63) is 84.1 Å². The van der Waals surface area contributed by atoms with Crippen LogP contribution in [0, 0.1) is 5.92 Å². The van der Waals surface area contributed by atoms with Crippen molar-refractivity contribution in [1.29, 1.82) is 0 Å². The number of aliphatic imine (C=N–C) groups is 1. The van der Waals surface area contributed by atoms with Gasteiger partial charge in [-0.3, -0.25) is 9.79 Å². The van der Waals surface area contributed by atoms with Gasteiger partial charge in [0.05, 0.1) is 49.1 Å². The van der Waals surface area contributed by atoms with Crippen LogP contribution in [0.1, 0.15) is 48.7 Å². The third kappa shape index (κ3) is 6.58. The Kier molecular flexibility index (Phi) is 9.57. The van der Waals surface area contributed by atoms with Crippen LogP contribution in [0.25, 0.3) is 16.6 Å². The lowest BCUT2D eigenvalue weighted by Gasteiger charge is -2.36. The quantitative estimate of drug-likeness (QED) is 0.248. The van der Waals surface area contributed by atoms with Gasteiger partial charge in [0.15, 0.2) is 0 Å². The Labute approximate surface area is 262 Å². The zero-order chi connectivity index (χ0) is 32.2. The highest BCUT2D eigenvalue weighted by molar-refractivity contribution is 6.08. The molecule has 0 radical (unpaired) electrons. The monoisotopic (exact) mass is 618 g/mol. The van der Waals surface area contributed by atoms with Crippen molar-refractivity contribution < 1.29 is 23.0 Å². The van der Waals surface area contributed by atoms with Gasteiger partial charge in [0.1, 0.15) is 17.2 Å². The minimum Gasteiger partial charge on any atom is -0.496 e. The first-order chi connectivity index (χ1) is 21.6. The molecule has 11 heteroatoms. The van der Waals surface area contributed by atoms with Gasteiger partial charge in [0.2, 0.25) is 0 Å². The first kappa shape index (κ1) is 31.8. The molecule has 1 aliphatic heterocycles. The summed E-state index contributed by atoms with van der Waals surface area (Å²) >= 11 is 0. The maximum absolute atomic E-state index is 13.4. The summed E-state index contributed by atoms with van der Waals surface area (Å²) < 4.78 is 38.3. The zero-order valence-electron chi connectivity index (χ0n) is 26.1. The number of alkyl halides is 2. The normalized spacial score (nSPS) is 19.4. The van der Waals surface area contributed by atoms with Crippen molar-refractivity contribution in [2.45, 2.75) is 45.1 Å². The maximum atomic E-state index is 13.4. The predicted octanol–water partition coefficient (Wildman–Crippen LogP) is 6.25. The van der Waals surface area contributed by atoms with Crippen molar-refractivity contribution in [3.63, 3.8) is 0 Å². The molecule has 4 N–H and O–H groups in total. The minimum absolute atomic E-state index is 0.0818. The molecule has 1 fully saturated rings. The molecule has 238 valence electrons. The topological polar surface area (TPSA) is 106 Å². The fraction of sp³-hybridized carbons (Fsp3) is 0.353. The van der Waals surface area contributed by atoms with Crippen molar-refractivity contribution in [2.24, 2.45) is 23.7 Å². The van der Waals surface area contributed by atoms with E-state index in [1.54, 1.807) is 31.5 Å². The highest BCUT2D eigenvalue weighted by atomic mass is 19.3. The predicted molar refractivity (Wildman–Crippen MR) is 175 cm³/mol. The number of methoxy groups -OCH3 is 2. The smallest absolute Gasteiger partial charge is 0.272 e. The molecule has 1 amide bonds. The number of allylic oxidation sites excluding steroid dienone is 2. The molecule has 5 rings (SSSR count). The highest BCUT2D eigenvalue weighted by Gasteiger charge is 2.29. The molecule has 3 aromatic rings. The SMILES string of the molecule is C=C([C@H]1CC[C@H](NCC(F)F)CC1)N1C=CN=C(C)/C1=C(/N)c1ccc(NC(=O)c2cc3c(OC)cccc3n2C)c(OC)c1. The van der Waals surface area contributed by atoms with E-state index in [9.17, 15) is 13.6 Å². The van der Waals surface area contributed by atoms with Crippen LogP contribution in [0.2, 0.25) is 0 Å². The summed E-state index contributed by atoms with van der Waals surface area (Å²) in [7, 11) is 4.98. The van der Waals surface area contributed by atoms with Crippen LogP contribution in [0.4, 0.5) is 14.5 Å². The molecule has 1 saturated carbocycles. The number of amides is 1. The summed E-state index contributed by atoms with van der Waals surface area (Å²) in [5, 5.41) is 6.78. The van der Waals surface area contributed by atoms with E-state index in [4.69, 9.17) is 15.2 Å². The second-order valence-corrected chi connectivity index (χ2v) is 11.3. The number of carbonyl (C=O) groups is 1. The molecule has 9 nitrogen and oxygen atoms in total. The fourth-order valence-corrected chi connectivity index (χ4v) is 6.18. The minimum atomic E-state index is -2.35. The number of rotatable bonds is 10. The first-order valence-electron chi connectivity index (χ1n) is 15.0. The number of ether oxygens (including phenoxy) is 2. The molecular weight excluding hydrogens is 578 g/mol. The average molecular weight is 619 g/mol. The molecule has 0 spiro atoms. The number of anilines is 1. The van der Waals surface area contributed by atoms with Gasteiger partial charge in [-0.2, -0.15) is 0 Å². The second-order valence-electron chi connectivity index (χ2n) is 11.3. The summed E-state index contributed by atoms with van der Waals surface area (Å²) in [6, 6.07) is 12.9. The molecule has 0 bridgehead atoms. The molecular formula is C34H40F2N6O3. The van der Waals surface area contributed by atoms with Crippen LogP contribution in [-0.4, -0.2) is 54.3 Å². The van der Waals surface area contributed by atoms with E-state index in [0.29, 0.717) is 39.8 Å². The number of nitrogens with one attached hydrogen (secondary N) is 2. The molecule has 2 heterocycles. The van der Waals surface area contributed by atoms with Gasteiger partial charge in [0, 0.05) is 42.1 Å². The summed E-state index contributed by atoms with van der Waals surface area (Å²) in [5.74, 6) is 1.02. The maximum Gasteiger partial charge on any atom is 0.272 e. The van der Waals surface area contributed by atoms with Gasteiger partial charge >= 0.3 is 0 Å². The number of nitrogens with two attached hydrogens (primary N) is 1. The van der Waals surface area contributed by atoms with Gasteiger partial charge in [-0.1, -0.05) is 18.7 Å². The third-order valence-corrected chi connectivity index (χ3v) is 8.65.